The number of rotatable bonds is 2. The fourth-order valence-corrected chi connectivity index (χ4v) is 5.79. The van der Waals surface area contributed by atoms with Crippen molar-refractivity contribution in [3.8, 4) is 0 Å². The molecule has 2 aliphatic heterocycles. The van der Waals surface area contributed by atoms with E-state index in [1.165, 1.54) is 6.07 Å². The van der Waals surface area contributed by atoms with E-state index in [1.54, 1.807) is 19.2 Å². The number of carboxylic acid groups (broad SMARTS) is 1. The molecule has 208 valence electrons. The van der Waals surface area contributed by atoms with E-state index in [0.717, 1.165) is 25.5 Å². The maximum absolute atomic E-state index is 12.4. The third kappa shape index (κ3) is 7.10. The molecular formula is C28H43NO8. The Kier molecular flexibility index (Phi) is 11.6. The van der Waals surface area contributed by atoms with E-state index in [2.05, 4.69) is 37.1 Å². The smallest absolute Gasteiger partial charge is 0.352 e. The molecule has 1 fully saturated rings. The van der Waals surface area contributed by atoms with Gasteiger partial charge in [0.05, 0.1) is 12.2 Å². The fourth-order valence-electron chi connectivity index (χ4n) is 5.79. The third-order valence-corrected chi connectivity index (χ3v) is 7.65. The Balaban J connectivity index is 0.000000406. The molecule has 0 radical (unpaired) electrons. The fraction of sp³-hybridized carbons (Fsp3) is 0.643. The number of aliphatic hydroxyl groups is 3. The van der Waals surface area contributed by atoms with Gasteiger partial charge in [-0.15, -0.1) is 0 Å². The van der Waals surface area contributed by atoms with Gasteiger partial charge in [-0.2, -0.15) is 0 Å². The molecular weight excluding hydrogens is 478 g/mol. The quantitative estimate of drug-likeness (QED) is 0.294. The first-order chi connectivity index (χ1) is 17.6. The van der Waals surface area contributed by atoms with Crippen molar-refractivity contribution in [1.29, 1.82) is 0 Å². The van der Waals surface area contributed by atoms with Crippen LogP contribution in [0.3, 0.4) is 0 Å². The zero-order valence-electron chi connectivity index (χ0n) is 22.5. The predicted octanol–water partition coefficient (Wildman–Crippen LogP) is 3.33. The molecule has 1 aromatic heterocycles. The van der Waals surface area contributed by atoms with Crippen LogP contribution in [0, 0.1) is 23.7 Å². The van der Waals surface area contributed by atoms with Crippen molar-refractivity contribution in [2.24, 2.45) is 23.7 Å². The molecule has 5 N–H and O–H groups in total. The van der Waals surface area contributed by atoms with Crippen molar-refractivity contribution in [3.05, 3.63) is 47.8 Å². The number of aliphatic hydroxyl groups excluding tert-OH is 3. The van der Waals surface area contributed by atoms with E-state index >= 15 is 0 Å². The number of H-pyrrole nitrogens is 1. The van der Waals surface area contributed by atoms with E-state index in [0.29, 0.717) is 13.0 Å². The van der Waals surface area contributed by atoms with Gasteiger partial charge < -0.3 is 34.9 Å². The van der Waals surface area contributed by atoms with Crippen LogP contribution < -0.4 is 0 Å². The van der Waals surface area contributed by atoms with Gasteiger partial charge in [0.2, 0.25) is 0 Å². The summed E-state index contributed by atoms with van der Waals surface area (Å²) >= 11 is 0. The predicted molar refractivity (Wildman–Crippen MR) is 139 cm³/mol. The third-order valence-electron chi connectivity index (χ3n) is 7.65. The van der Waals surface area contributed by atoms with Crippen LogP contribution in [0.5, 0.6) is 0 Å². The molecule has 8 atom stereocenters. The van der Waals surface area contributed by atoms with Gasteiger partial charge in [-0.05, 0) is 56.7 Å². The topological polar surface area (TPSA) is 149 Å². The minimum absolute atomic E-state index is 0.0234. The number of allylic oxidation sites excluding steroid dienone is 1. The van der Waals surface area contributed by atoms with Crippen molar-refractivity contribution < 1.29 is 39.5 Å². The van der Waals surface area contributed by atoms with Gasteiger partial charge in [-0.3, -0.25) is 4.79 Å². The first kappa shape index (κ1) is 30.8. The van der Waals surface area contributed by atoms with Gasteiger partial charge in [-0.25, -0.2) is 4.79 Å². The van der Waals surface area contributed by atoms with Crippen molar-refractivity contribution in [2.45, 2.75) is 77.3 Å². The highest BCUT2D eigenvalue weighted by Gasteiger charge is 2.53. The lowest BCUT2D eigenvalue weighted by Crippen LogP contribution is -2.54. The number of esters is 1. The SMILES string of the molecule is C/C1=C\C(C)C(C(C)O)OC(=O)CCC2C=CCC3C(O)[C@@H](C)CCO[C@@]123.CO.O=C(O)c1ccc[nH]1. The summed E-state index contributed by atoms with van der Waals surface area (Å²) in [7, 11) is 1.00. The number of hydrogen-bond acceptors (Lipinski definition) is 7. The standard InChI is InChI=1S/C22H34O5.C5H5NO2.CH4O/c1-13-10-11-26-22-15(3)12-14(2)21(16(4)23)27-19(24)9-8-17(22)6-5-7-18(22)20(13)25;7-5(8)4-2-1-3-6-4;1-2/h5-6,12-14,16-18,20-21,23,25H,7-11H2,1-4H3;1-3,6H,(H,7,8);2H,1H3/b15-12+;;/t13-,14?,16?,17?,18?,20?,21?,22-;;/m0../s1. The summed E-state index contributed by atoms with van der Waals surface area (Å²) in [6, 6.07) is 3.14. The van der Waals surface area contributed by atoms with Crippen molar-refractivity contribution in [1.82, 2.24) is 4.98 Å². The lowest BCUT2D eigenvalue weighted by Gasteiger charge is -2.49. The highest BCUT2D eigenvalue weighted by molar-refractivity contribution is 5.85. The lowest BCUT2D eigenvalue weighted by molar-refractivity contribution is -0.159. The van der Waals surface area contributed by atoms with Crippen molar-refractivity contribution in [3.63, 3.8) is 0 Å². The Morgan fingerprint density at radius 3 is 2.51 bits per heavy atom. The highest BCUT2D eigenvalue weighted by Crippen LogP contribution is 2.50. The van der Waals surface area contributed by atoms with Crippen LogP contribution >= 0.6 is 0 Å². The van der Waals surface area contributed by atoms with Crippen LogP contribution in [-0.2, 0) is 14.3 Å². The molecule has 4 rings (SSSR count). The second-order valence-electron chi connectivity index (χ2n) is 10.1. The van der Waals surface area contributed by atoms with Crippen LogP contribution in [-0.4, -0.2) is 75.0 Å². The Morgan fingerprint density at radius 2 is 1.95 bits per heavy atom. The Bertz CT molecular complexity index is 925. The normalized spacial score (nSPS) is 35.8. The minimum atomic E-state index is -0.921. The van der Waals surface area contributed by atoms with Crippen molar-refractivity contribution >= 4 is 11.9 Å². The van der Waals surface area contributed by atoms with E-state index in [1.807, 2.05) is 6.92 Å². The van der Waals surface area contributed by atoms with Crippen LogP contribution in [0.1, 0.15) is 63.9 Å². The molecule has 9 heteroatoms. The van der Waals surface area contributed by atoms with Gasteiger partial charge in [0.15, 0.2) is 0 Å². The lowest BCUT2D eigenvalue weighted by atomic mass is 9.63. The number of carboxylic acids is 1. The summed E-state index contributed by atoms with van der Waals surface area (Å²) in [6.07, 6.45) is 8.66. The van der Waals surface area contributed by atoms with Gasteiger partial charge in [0.1, 0.15) is 17.4 Å². The highest BCUT2D eigenvalue weighted by atomic mass is 16.6. The molecule has 0 aromatic carbocycles. The first-order valence-electron chi connectivity index (χ1n) is 12.9. The zero-order chi connectivity index (χ0) is 27.8. The molecule has 0 saturated carbocycles. The summed E-state index contributed by atoms with van der Waals surface area (Å²) in [5.41, 5.74) is 0.699. The molecule has 9 nitrogen and oxygen atoms in total. The van der Waals surface area contributed by atoms with Crippen molar-refractivity contribution in [2.75, 3.05) is 13.7 Å². The molecule has 1 spiro atoms. The Hall–Kier alpha value is -2.46. The monoisotopic (exact) mass is 521 g/mol. The maximum atomic E-state index is 12.4. The second kappa shape index (κ2) is 13.9. The zero-order valence-corrected chi connectivity index (χ0v) is 22.5. The molecule has 1 aliphatic carbocycles. The summed E-state index contributed by atoms with van der Waals surface area (Å²) in [6.45, 7) is 8.38. The maximum Gasteiger partial charge on any atom is 0.352 e. The van der Waals surface area contributed by atoms with Crippen LogP contribution in [0.25, 0.3) is 0 Å². The molecule has 0 amide bonds. The second-order valence-corrected chi connectivity index (χ2v) is 10.1. The first-order valence-corrected chi connectivity index (χ1v) is 12.9. The summed E-state index contributed by atoms with van der Waals surface area (Å²) in [5, 5.41) is 36.4. The largest absolute Gasteiger partial charge is 0.477 e. The molecule has 37 heavy (non-hydrogen) atoms. The average Bonchev–Trinajstić information content (AvgIpc) is 3.38. The number of hydrogen-bond donors (Lipinski definition) is 5. The van der Waals surface area contributed by atoms with Gasteiger partial charge in [0, 0.05) is 44.1 Å². The number of carbonyl (C=O) groups excluding carboxylic acids is 1. The molecule has 3 heterocycles. The van der Waals surface area contributed by atoms with E-state index in [4.69, 9.17) is 19.7 Å². The van der Waals surface area contributed by atoms with Crippen LogP contribution in [0.4, 0.5) is 0 Å². The number of carbonyl (C=O) groups is 2. The van der Waals surface area contributed by atoms with Gasteiger partial charge in [-0.1, -0.05) is 32.1 Å². The molecule has 6 unspecified atom stereocenters. The molecule has 1 saturated heterocycles. The summed E-state index contributed by atoms with van der Waals surface area (Å²) in [5.74, 6) is -1.18. The number of aromatic carboxylic acids is 1. The minimum Gasteiger partial charge on any atom is -0.477 e. The van der Waals surface area contributed by atoms with E-state index in [-0.39, 0.29) is 41.8 Å². The molecule has 1 aromatic rings. The molecule has 0 bridgehead atoms. The van der Waals surface area contributed by atoms with E-state index < -0.39 is 29.9 Å². The molecule has 3 aliphatic rings. The summed E-state index contributed by atoms with van der Waals surface area (Å²) < 4.78 is 12.1. The van der Waals surface area contributed by atoms with Crippen LogP contribution in [0.2, 0.25) is 0 Å². The number of aromatic amines is 1. The van der Waals surface area contributed by atoms with E-state index in [9.17, 15) is 19.8 Å². The number of aromatic nitrogens is 1. The number of ether oxygens (including phenoxy) is 2. The summed E-state index contributed by atoms with van der Waals surface area (Å²) in [4.78, 5) is 25.0. The van der Waals surface area contributed by atoms with Gasteiger partial charge >= 0.3 is 11.9 Å². The average molecular weight is 522 g/mol. The number of cyclic esters (lactones) is 1. The van der Waals surface area contributed by atoms with Crippen LogP contribution in [0.15, 0.2) is 42.1 Å². The van der Waals surface area contributed by atoms with Gasteiger partial charge in [0.25, 0.3) is 0 Å². The Labute approximate surface area is 219 Å². The Morgan fingerprint density at radius 1 is 1.24 bits per heavy atom. The number of nitrogens with one attached hydrogen (secondary N) is 1.